The Morgan fingerprint density at radius 1 is 1.11 bits per heavy atom. The summed E-state index contributed by atoms with van der Waals surface area (Å²) < 4.78 is 35.5. The van der Waals surface area contributed by atoms with Crippen LogP contribution in [0.1, 0.15) is 19.3 Å². The highest BCUT2D eigenvalue weighted by atomic mass is 19.1. The number of nitrogens with zero attached hydrogens (tertiary/aromatic N) is 5. The lowest BCUT2D eigenvalue weighted by Crippen LogP contribution is -2.59. The van der Waals surface area contributed by atoms with Gasteiger partial charge in [0.25, 0.3) is 0 Å². The Morgan fingerprint density at radius 3 is 2.54 bits per heavy atom. The van der Waals surface area contributed by atoms with Crippen molar-refractivity contribution in [2.75, 3.05) is 0 Å². The fourth-order valence-electron chi connectivity index (χ4n) is 4.19. The molecule has 3 aliphatic carbocycles. The third kappa shape index (κ3) is 2.07. The molecule has 0 spiro atoms. The maximum absolute atomic E-state index is 14.1. The summed E-state index contributed by atoms with van der Waals surface area (Å²) in [5.74, 6) is 0.182. The maximum atomic E-state index is 14.1. The minimum atomic E-state index is -0.729. The quantitative estimate of drug-likeness (QED) is 0.582. The fraction of sp³-hybridized carbons (Fsp3) is 0.263. The molecule has 140 valence electrons. The smallest absolute Gasteiger partial charge is 0.232 e. The number of hydrogen-bond donors (Lipinski definition) is 1. The zero-order valence-electron chi connectivity index (χ0n) is 14.6. The Morgan fingerprint density at radius 2 is 1.89 bits per heavy atom. The van der Waals surface area contributed by atoms with Crippen LogP contribution in [0.2, 0.25) is 0 Å². The van der Waals surface area contributed by atoms with E-state index in [0.717, 1.165) is 25.2 Å². The van der Waals surface area contributed by atoms with Crippen LogP contribution in [0.5, 0.6) is 0 Å². The van der Waals surface area contributed by atoms with Gasteiger partial charge in [-0.05, 0) is 43.4 Å². The third-order valence-corrected chi connectivity index (χ3v) is 5.71. The second kappa shape index (κ2) is 5.34. The van der Waals surface area contributed by atoms with Crippen molar-refractivity contribution < 1.29 is 13.2 Å². The number of aromatic nitrogens is 6. The van der Waals surface area contributed by atoms with Crippen molar-refractivity contribution >= 4 is 0 Å². The Bertz CT molecular complexity index is 1160. The third-order valence-electron chi connectivity index (χ3n) is 5.71. The lowest BCUT2D eigenvalue weighted by Gasteiger charge is -2.61. The minimum Gasteiger partial charge on any atom is -0.443 e. The molecule has 0 unspecified atom stereocenters. The van der Waals surface area contributed by atoms with E-state index in [1.807, 2.05) is 4.68 Å². The largest absolute Gasteiger partial charge is 0.443 e. The maximum Gasteiger partial charge on any atom is 0.232 e. The van der Waals surface area contributed by atoms with E-state index in [1.54, 1.807) is 12.3 Å². The van der Waals surface area contributed by atoms with Crippen LogP contribution in [-0.4, -0.2) is 29.9 Å². The van der Waals surface area contributed by atoms with Crippen molar-refractivity contribution in [3.63, 3.8) is 0 Å². The predicted molar refractivity (Wildman–Crippen MR) is 93.8 cm³/mol. The summed E-state index contributed by atoms with van der Waals surface area (Å²) in [6, 6.07) is 5.43. The number of aromatic amines is 1. The van der Waals surface area contributed by atoms with E-state index in [1.165, 1.54) is 24.5 Å². The molecule has 3 aromatic heterocycles. The van der Waals surface area contributed by atoms with Crippen molar-refractivity contribution in [3.05, 3.63) is 48.4 Å². The molecule has 0 atom stereocenters. The van der Waals surface area contributed by atoms with Crippen molar-refractivity contribution in [3.8, 4) is 34.5 Å². The molecule has 1 N–H and O–H groups in total. The molecule has 0 saturated heterocycles. The topological polar surface area (TPSA) is 85.4 Å². The van der Waals surface area contributed by atoms with Gasteiger partial charge in [-0.1, -0.05) is 6.07 Å². The second-order valence-electron chi connectivity index (χ2n) is 7.48. The fourth-order valence-corrected chi connectivity index (χ4v) is 4.19. The van der Waals surface area contributed by atoms with Crippen LogP contribution in [-0.2, 0) is 5.54 Å². The van der Waals surface area contributed by atoms with Gasteiger partial charge in [-0.2, -0.15) is 5.10 Å². The number of halogens is 2. The van der Waals surface area contributed by atoms with Crippen LogP contribution in [0.4, 0.5) is 8.78 Å². The van der Waals surface area contributed by atoms with Crippen LogP contribution in [0.15, 0.2) is 41.1 Å². The molecule has 28 heavy (non-hydrogen) atoms. The molecule has 0 radical (unpaired) electrons. The van der Waals surface area contributed by atoms with Crippen molar-refractivity contribution in [2.24, 2.45) is 5.92 Å². The number of benzene rings is 1. The van der Waals surface area contributed by atoms with Gasteiger partial charge in [0, 0.05) is 6.20 Å². The van der Waals surface area contributed by atoms with E-state index in [-0.39, 0.29) is 17.0 Å². The monoisotopic (exact) mass is 380 g/mol. The molecule has 3 heterocycles. The van der Waals surface area contributed by atoms with Gasteiger partial charge in [0.1, 0.15) is 34.8 Å². The van der Waals surface area contributed by atoms with Gasteiger partial charge in [-0.15, -0.1) is 5.10 Å². The second-order valence-corrected chi connectivity index (χ2v) is 7.48. The Hall–Kier alpha value is -3.36. The zero-order chi connectivity index (χ0) is 18.9. The van der Waals surface area contributed by atoms with Crippen LogP contribution in [0.25, 0.3) is 34.5 Å². The molecule has 0 aliphatic heterocycles. The van der Waals surface area contributed by atoms with Gasteiger partial charge >= 0.3 is 0 Å². The zero-order valence-corrected chi connectivity index (χ0v) is 14.6. The summed E-state index contributed by atoms with van der Waals surface area (Å²) in [7, 11) is 0. The van der Waals surface area contributed by atoms with Crippen molar-refractivity contribution in [1.82, 2.24) is 29.9 Å². The first kappa shape index (κ1) is 15.7. The molecular weight excluding hydrogens is 366 g/mol. The predicted octanol–water partition coefficient (Wildman–Crippen LogP) is 3.78. The average Bonchev–Trinajstić information content (AvgIpc) is 3.32. The molecule has 7 nitrogen and oxygen atoms in total. The van der Waals surface area contributed by atoms with E-state index in [4.69, 9.17) is 4.42 Å². The first-order valence-electron chi connectivity index (χ1n) is 9.00. The Balaban J connectivity index is 1.47. The summed E-state index contributed by atoms with van der Waals surface area (Å²) in [6.45, 7) is 0. The van der Waals surface area contributed by atoms with E-state index < -0.39 is 11.6 Å². The van der Waals surface area contributed by atoms with E-state index >= 15 is 0 Å². The van der Waals surface area contributed by atoms with Crippen LogP contribution in [0.3, 0.4) is 0 Å². The molecule has 7 rings (SSSR count). The SMILES string of the molecule is Fc1cccc(F)c1-c1nc(-c2nc(-c3ccn[nH]3)nn2C23CC(C2)C3)co1. The number of nitrogens with one attached hydrogen (secondary N) is 1. The molecule has 3 saturated carbocycles. The molecular formula is C19H14F2N6O. The lowest BCUT2D eigenvalue weighted by molar-refractivity contribution is -0.0965. The van der Waals surface area contributed by atoms with E-state index in [2.05, 4.69) is 25.3 Å². The van der Waals surface area contributed by atoms with Crippen molar-refractivity contribution in [2.45, 2.75) is 24.8 Å². The molecule has 9 heteroatoms. The highest BCUT2D eigenvalue weighted by molar-refractivity contribution is 5.61. The summed E-state index contributed by atoms with van der Waals surface area (Å²) in [5, 5.41) is 11.5. The summed E-state index contributed by atoms with van der Waals surface area (Å²) in [6.07, 6.45) is 6.16. The average molecular weight is 380 g/mol. The highest BCUT2D eigenvalue weighted by Crippen LogP contribution is 2.62. The molecule has 0 amide bonds. The molecule has 3 aliphatic rings. The Labute approximate surface area is 157 Å². The summed E-state index contributed by atoms with van der Waals surface area (Å²) in [5.41, 5.74) is 0.739. The van der Waals surface area contributed by atoms with Gasteiger partial charge < -0.3 is 4.42 Å². The van der Waals surface area contributed by atoms with E-state index in [9.17, 15) is 8.78 Å². The highest BCUT2D eigenvalue weighted by Gasteiger charge is 2.59. The summed E-state index contributed by atoms with van der Waals surface area (Å²) in [4.78, 5) is 8.94. The normalized spacial score (nSPS) is 22.7. The van der Waals surface area contributed by atoms with Gasteiger partial charge in [0.05, 0.1) is 5.54 Å². The van der Waals surface area contributed by atoms with Gasteiger partial charge in [0.2, 0.25) is 5.89 Å². The van der Waals surface area contributed by atoms with Gasteiger partial charge in [-0.25, -0.2) is 23.4 Å². The van der Waals surface area contributed by atoms with Crippen LogP contribution >= 0.6 is 0 Å². The first-order chi connectivity index (χ1) is 13.6. The molecule has 2 bridgehead atoms. The molecule has 4 aromatic rings. The number of rotatable bonds is 4. The van der Waals surface area contributed by atoms with Crippen LogP contribution in [0, 0.1) is 17.6 Å². The minimum absolute atomic E-state index is 0.0480. The lowest BCUT2D eigenvalue weighted by atomic mass is 9.50. The number of oxazole rings is 1. The van der Waals surface area contributed by atoms with Gasteiger partial charge in [-0.3, -0.25) is 5.10 Å². The Kier molecular flexibility index (Phi) is 2.99. The molecule has 3 fully saturated rings. The number of hydrogen-bond acceptors (Lipinski definition) is 5. The first-order valence-corrected chi connectivity index (χ1v) is 9.00. The van der Waals surface area contributed by atoms with Crippen LogP contribution < -0.4 is 0 Å². The van der Waals surface area contributed by atoms with Gasteiger partial charge in [0.15, 0.2) is 11.6 Å². The van der Waals surface area contributed by atoms with E-state index in [0.29, 0.717) is 23.0 Å². The molecule has 1 aromatic carbocycles. The summed E-state index contributed by atoms with van der Waals surface area (Å²) >= 11 is 0. The number of H-pyrrole nitrogens is 1. The standard InChI is InChI=1S/C19H14F2N6O/c20-11-2-1-3-12(21)15(11)18-23-14(9-28-18)17-24-16(13-4-5-22-25-13)26-27(17)19-6-10(7-19)8-19/h1-5,9-10H,6-8H2,(H,22,25). The van der Waals surface area contributed by atoms with Crippen molar-refractivity contribution in [1.29, 1.82) is 0 Å².